The van der Waals surface area contributed by atoms with Crippen molar-refractivity contribution in [3.63, 3.8) is 0 Å². The molecule has 51 heavy (non-hydrogen) atoms. The van der Waals surface area contributed by atoms with Crippen LogP contribution in [0.3, 0.4) is 0 Å². The lowest BCUT2D eigenvalue weighted by atomic mass is 10.0. The van der Waals surface area contributed by atoms with Crippen molar-refractivity contribution in [1.82, 2.24) is 31.3 Å². The first-order valence-corrected chi connectivity index (χ1v) is 17.1. The van der Waals surface area contributed by atoms with E-state index in [1.54, 1.807) is 41.4 Å². The van der Waals surface area contributed by atoms with E-state index in [0.717, 1.165) is 6.42 Å². The number of fused-ring (bicyclic) bond motifs is 3. The molecule has 1 saturated heterocycles. The first-order valence-electron chi connectivity index (χ1n) is 17.1. The Labute approximate surface area is 295 Å². The van der Waals surface area contributed by atoms with E-state index in [0.29, 0.717) is 131 Å². The number of morpholine rings is 1. The molecule has 5 N–H and O–H groups in total. The summed E-state index contributed by atoms with van der Waals surface area (Å²) in [6.07, 6.45) is 1.34. The summed E-state index contributed by atoms with van der Waals surface area (Å²) < 4.78 is 27.3. The number of benzene rings is 2. The molecular formula is C35H45N7O9. The Hall–Kier alpha value is -4.87. The smallest absolute Gasteiger partial charge is 0.333 e. The normalized spacial score (nSPS) is 13.7. The second-order valence-corrected chi connectivity index (χ2v) is 11.6. The number of aromatic amines is 1. The quantitative estimate of drug-likeness (QED) is 0.0845. The molecule has 1 aromatic heterocycles. The Kier molecular flexibility index (Phi) is 14.3. The van der Waals surface area contributed by atoms with Gasteiger partial charge in [0.05, 0.1) is 75.4 Å². The first kappa shape index (κ1) is 37.4. The zero-order chi connectivity index (χ0) is 35.8. The zero-order valence-electron chi connectivity index (χ0n) is 28.7. The molecule has 0 spiro atoms. The number of H-pyrrole nitrogens is 1. The number of hydrogen-bond donors (Lipinski definition) is 5. The molecule has 3 aromatic rings. The van der Waals surface area contributed by atoms with Gasteiger partial charge in [-0.15, -0.1) is 0 Å². The Morgan fingerprint density at radius 3 is 2.22 bits per heavy atom. The van der Waals surface area contributed by atoms with Crippen molar-refractivity contribution in [2.24, 2.45) is 0 Å². The molecule has 16 heteroatoms. The van der Waals surface area contributed by atoms with Gasteiger partial charge in [-0.2, -0.15) is 5.10 Å². The molecule has 2 aromatic carbocycles. The zero-order valence-corrected chi connectivity index (χ0v) is 28.7. The molecule has 0 unspecified atom stereocenters. The van der Waals surface area contributed by atoms with Gasteiger partial charge in [-0.1, -0.05) is 19.1 Å². The second-order valence-electron chi connectivity index (χ2n) is 11.6. The third-order valence-electron chi connectivity index (χ3n) is 7.93. The van der Waals surface area contributed by atoms with Crippen molar-refractivity contribution in [2.45, 2.75) is 19.8 Å². The van der Waals surface area contributed by atoms with Crippen LogP contribution in [0.1, 0.15) is 35.7 Å². The second kappa shape index (κ2) is 19.5. The Morgan fingerprint density at radius 1 is 0.863 bits per heavy atom. The summed E-state index contributed by atoms with van der Waals surface area (Å²) in [5.41, 5.74) is 6.42. The topological polar surface area (TPSA) is 194 Å². The number of nitrogens with one attached hydrogen (secondary N) is 5. The molecule has 2 aliphatic rings. The molecule has 1 fully saturated rings. The van der Waals surface area contributed by atoms with Gasteiger partial charge in [-0.25, -0.2) is 9.80 Å². The SMILES string of the molecule is CCCC(=O)NCCOCCOCCOCCNC(=O)COc1ccc(-c2n[nH]c3c2C(=O)c2c(NC(=O)NN4CCOCC4)cccc2-3)cc1. The van der Waals surface area contributed by atoms with Crippen molar-refractivity contribution in [3.05, 3.63) is 53.6 Å². The van der Waals surface area contributed by atoms with Crippen molar-refractivity contribution in [1.29, 1.82) is 0 Å². The van der Waals surface area contributed by atoms with Crippen LogP contribution < -0.4 is 26.1 Å². The van der Waals surface area contributed by atoms with Crippen LogP contribution in [0, 0.1) is 0 Å². The maximum absolute atomic E-state index is 13.7. The summed E-state index contributed by atoms with van der Waals surface area (Å²) in [6.45, 7) is 7.21. The van der Waals surface area contributed by atoms with Crippen LogP contribution in [0.4, 0.5) is 10.5 Å². The average molecular weight is 708 g/mol. The summed E-state index contributed by atoms with van der Waals surface area (Å²) in [5.74, 6) is -0.0264. The van der Waals surface area contributed by atoms with E-state index in [1.807, 2.05) is 13.0 Å². The average Bonchev–Trinajstić information content (AvgIpc) is 3.70. The molecule has 0 saturated carbocycles. The summed E-state index contributed by atoms with van der Waals surface area (Å²) >= 11 is 0. The molecule has 2 heterocycles. The van der Waals surface area contributed by atoms with E-state index in [9.17, 15) is 19.2 Å². The Balaban J connectivity index is 0.982. The number of ether oxygens (including phenoxy) is 5. The van der Waals surface area contributed by atoms with Gasteiger partial charge in [0.1, 0.15) is 11.4 Å². The van der Waals surface area contributed by atoms with Gasteiger partial charge in [0.2, 0.25) is 5.91 Å². The fourth-order valence-corrected chi connectivity index (χ4v) is 5.46. The van der Waals surface area contributed by atoms with Crippen molar-refractivity contribution >= 4 is 29.3 Å². The van der Waals surface area contributed by atoms with Gasteiger partial charge in [-0.05, 0) is 36.8 Å². The van der Waals surface area contributed by atoms with Crippen molar-refractivity contribution < 1.29 is 42.9 Å². The number of anilines is 1. The van der Waals surface area contributed by atoms with E-state index in [2.05, 4.69) is 31.6 Å². The van der Waals surface area contributed by atoms with E-state index in [4.69, 9.17) is 23.7 Å². The minimum Gasteiger partial charge on any atom is -0.484 e. The van der Waals surface area contributed by atoms with E-state index in [1.165, 1.54) is 0 Å². The van der Waals surface area contributed by atoms with Crippen LogP contribution in [0.2, 0.25) is 0 Å². The highest BCUT2D eigenvalue weighted by Gasteiger charge is 2.35. The molecule has 5 rings (SSSR count). The van der Waals surface area contributed by atoms with Crippen LogP contribution in [0.25, 0.3) is 22.5 Å². The molecule has 0 atom stereocenters. The lowest BCUT2D eigenvalue weighted by Crippen LogP contribution is -2.49. The standard InChI is InChI=1S/C35H45N7O9/c1-2-4-28(43)36-11-15-47-19-21-50-22-20-48-16-12-37-29(44)23-51-25-9-7-24(8-10-25)32-31-33(40-39-32)26-5-3-6-27(30(26)34(31)45)38-35(46)41-42-13-17-49-18-14-42/h3,5-10H,2,4,11-23H2,1H3,(H,36,43)(H,37,44)(H,39,40)(H2,38,41,46). The van der Waals surface area contributed by atoms with Crippen LogP contribution in [0.5, 0.6) is 5.75 Å². The third-order valence-corrected chi connectivity index (χ3v) is 7.93. The van der Waals surface area contributed by atoms with E-state index in [-0.39, 0.29) is 24.2 Å². The maximum Gasteiger partial charge on any atom is 0.333 e. The summed E-state index contributed by atoms with van der Waals surface area (Å²) in [4.78, 5) is 50.0. The third kappa shape index (κ3) is 10.8. The lowest BCUT2D eigenvalue weighted by molar-refractivity contribution is -0.123. The number of carbonyl (C=O) groups is 4. The number of amides is 4. The molecule has 0 radical (unpaired) electrons. The van der Waals surface area contributed by atoms with Gasteiger partial charge < -0.3 is 39.6 Å². The van der Waals surface area contributed by atoms with Crippen LogP contribution >= 0.6 is 0 Å². The number of carbonyl (C=O) groups excluding carboxylic acids is 4. The number of urea groups is 1. The fraction of sp³-hybridized carbons (Fsp3) is 0.457. The number of hydrazine groups is 1. The number of hydrogen-bond acceptors (Lipinski definition) is 11. The Morgan fingerprint density at radius 2 is 1.53 bits per heavy atom. The molecule has 4 amide bonds. The molecule has 1 aliphatic carbocycles. The monoisotopic (exact) mass is 707 g/mol. The van der Waals surface area contributed by atoms with Gasteiger partial charge in [0, 0.05) is 43.7 Å². The van der Waals surface area contributed by atoms with Crippen molar-refractivity contribution in [2.75, 3.05) is 91.0 Å². The first-order chi connectivity index (χ1) is 24.9. The van der Waals surface area contributed by atoms with E-state index < -0.39 is 6.03 Å². The molecule has 1 aliphatic heterocycles. The summed E-state index contributed by atoms with van der Waals surface area (Å²) in [7, 11) is 0. The Bertz CT molecular complexity index is 1620. The van der Waals surface area contributed by atoms with Crippen LogP contribution in [-0.4, -0.2) is 124 Å². The van der Waals surface area contributed by atoms with Crippen LogP contribution in [0.15, 0.2) is 42.5 Å². The largest absolute Gasteiger partial charge is 0.484 e. The van der Waals surface area contributed by atoms with E-state index >= 15 is 0 Å². The van der Waals surface area contributed by atoms with Gasteiger partial charge >= 0.3 is 6.03 Å². The molecule has 16 nitrogen and oxygen atoms in total. The summed E-state index contributed by atoms with van der Waals surface area (Å²) in [5, 5.41) is 17.5. The number of aromatic nitrogens is 2. The lowest BCUT2D eigenvalue weighted by Gasteiger charge is -2.27. The predicted octanol–water partition coefficient (Wildman–Crippen LogP) is 2.12. The number of nitrogens with zero attached hydrogens (tertiary/aromatic N) is 2. The highest BCUT2D eigenvalue weighted by Crippen LogP contribution is 2.43. The maximum atomic E-state index is 13.7. The van der Waals surface area contributed by atoms with Gasteiger partial charge in [0.15, 0.2) is 12.4 Å². The molecular weight excluding hydrogens is 662 g/mol. The van der Waals surface area contributed by atoms with Crippen molar-refractivity contribution in [3.8, 4) is 28.3 Å². The summed E-state index contributed by atoms with van der Waals surface area (Å²) in [6, 6.07) is 11.8. The molecule has 0 bridgehead atoms. The van der Waals surface area contributed by atoms with Crippen LogP contribution in [-0.2, 0) is 28.5 Å². The minimum atomic E-state index is -0.438. The highest BCUT2D eigenvalue weighted by molar-refractivity contribution is 6.26. The van der Waals surface area contributed by atoms with Gasteiger partial charge in [-0.3, -0.25) is 24.9 Å². The fourth-order valence-electron chi connectivity index (χ4n) is 5.46. The minimum absolute atomic E-state index is 0.0320. The number of ketones is 1. The number of rotatable bonds is 20. The predicted molar refractivity (Wildman–Crippen MR) is 186 cm³/mol. The van der Waals surface area contributed by atoms with Gasteiger partial charge in [0.25, 0.3) is 5.91 Å². The highest BCUT2D eigenvalue weighted by atomic mass is 16.5. The molecule has 274 valence electrons.